The van der Waals surface area contributed by atoms with E-state index in [1.165, 1.54) is 12.1 Å². The largest absolute Gasteiger partial charge is 0.344 e. The first-order valence-corrected chi connectivity index (χ1v) is 7.62. The van der Waals surface area contributed by atoms with Crippen LogP contribution in [-0.2, 0) is 0 Å². The molecule has 0 radical (unpaired) electrons. The molecule has 1 amide bonds. The fourth-order valence-electron chi connectivity index (χ4n) is 2.31. The van der Waals surface area contributed by atoms with E-state index in [9.17, 15) is 9.59 Å². The van der Waals surface area contributed by atoms with E-state index in [0.29, 0.717) is 0 Å². The van der Waals surface area contributed by atoms with Gasteiger partial charge in [-0.1, -0.05) is 56.5 Å². The third-order valence-corrected chi connectivity index (χ3v) is 3.52. The Morgan fingerprint density at radius 1 is 1.18 bits per heavy atom. The molecule has 1 aromatic carbocycles. The second kappa shape index (κ2) is 8.12. The van der Waals surface area contributed by atoms with Crippen LogP contribution < -0.4 is 10.9 Å². The maximum Gasteiger partial charge on any atom is 0.272 e. The molecule has 0 aliphatic rings. The highest BCUT2D eigenvalue weighted by Gasteiger charge is 2.16. The van der Waals surface area contributed by atoms with Crippen molar-refractivity contribution in [2.24, 2.45) is 0 Å². The molecular formula is C17H21N3O2. The number of aromatic nitrogens is 2. The van der Waals surface area contributed by atoms with Crippen molar-refractivity contribution in [2.75, 3.05) is 0 Å². The van der Waals surface area contributed by atoms with E-state index in [-0.39, 0.29) is 23.2 Å². The van der Waals surface area contributed by atoms with Crippen LogP contribution in [-0.4, -0.2) is 16.1 Å². The summed E-state index contributed by atoms with van der Waals surface area (Å²) in [5.74, 6) is -0.276. The molecule has 0 saturated carbocycles. The predicted molar refractivity (Wildman–Crippen MR) is 85.6 cm³/mol. The van der Waals surface area contributed by atoms with Crippen molar-refractivity contribution in [3.05, 3.63) is 64.1 Å². The fourth-order valence-corrected chi connectivity index (χ4v) is 2.31. The van der Waals surface area contributed by atoms with Gasteiger partial charge in [-0.2, -0.15) is 5.10 Å². The van der Waals surface area contributed by atoms with Gasteiger partial charge in [0.05, 0.1) is 6.04 Å². The van der Waals surface area contributed by atoms with Crippen molar-refractivity contribution < 1.29 is 4.79 Å². The molecule has 0 saturated heterocycles. The Balaban J connectivity index is 2.09. The molecule has 2 aromatic rings. The van der Waals surface area contributed by atoms with Gasteiger partial charge >= 0.3 is 0 Å². The topological polar surface area (TPSA) is 74.8 Å². The molecule has 116 valence electrons. The zero-order valence-electron chi connectivity index (χ0n) is 12.7. The van der Waals surface area contributed by atoms with E-state index in [1.54, 1.807) is 0 Å². The first-order valence-electron chi connectivity index (χ1n) is 7.62. The van der Waals surface area contributed by atoms with Gasteiger partial charge in [0.1, 0.15) is 5.69 Å². The summed E-state index contributed by atoms with van der Waals surface area (Å²) in [6, 6.07) is 12.6. The van der Waals surface area contributed by atoms with Crippen molar-refractivity contribution in [1.29, 1.82) is 0 Å². The van der Waals surface area contributed by atoms with Crippen LogP contribution in [0, 0.1) is 0 Å². The van der Waals surface area contributed by atoms with Crippen molar-refractivity contribution in [3.63, 3.8) is 0 Å². The van der Waals surface area contributed by atoms with Crippen molar-refractivity contribution in [2.45, 2.75) is 38.6 Å². The van der Waals surface area contributed by atoms with E-state index in [2.05, 4.69) is 22.4 Å². The normalized spacial score (nSPS) is 11.9. The van der Waals surface area contributed by atoms with Gasteiger partial charge in [0.2, 0.25) is 0 Å². The van der Waals surface area contributed by atoms with Crippen LogP contribution in [0.3, 0.4) is 0 Å². The van der Waals surface area contributed by atoms with Gasteiger partial charge in [-0.25, -0.2) is 5.10 Å². The molecule has 5 nitrogen and oxygen atoms in total. The molecule has 0 aliphatic carbocycles. The summed E-state index contributed by atoms with van der Waals surface area (Å²) in [5, 5.41) is 9.06. The Morgan fingerprint density at radius 2 is 1.95 bits per heavy atom. The average molecular weight is 299 g/mol. The van der Waals surface area contributed by atoms with Gasteiger partial charge in [0, 0.05) is 6.07 Å². The molecule has 0 spiro atoms. The highest BCUT2D eigenvalue weighted by Crippen LogP contribution is 2.20. The molecule has 0 fully saturated rings. The monoisotopic (exact) mass is 299 g/mol. The zero-order valence-corrected chi connectivity index (χ0v) is 12.7. The van der Waals surface area contributed by atoms with Crippen molar-refractivity contribution in [1.82, 2.24) is 15.5 Å². The Morgan fingerprint density at radius 3 is 2.59 bits per heavy atom. The minimum Gasteiger partial charge on any atom is -0.344 e. The standard InChI is InChI=1S/C17H21N3O2/c1-2-3-5-10-14(13-8-6-4-7-9-13)18-17(22)15-11-12-16(21)20-19-15/h4,6-9,11-12,14H,2-3,5,10H2,1H3,(H,18,22)(H,20,21)/t14-/m1/s1. The lowest BCUT2D eigenvalue weighted by Crippen LogP contribution is -2.30. The molecule has 2 rings (SSSR count). The number of carbonyl (C=O) groups is 1. The molecule has 2 N–H and O–H groups in total. The highest BCUT2D eigenvalue weighted by atomic mass is 16.2. The summed E-state index contributed by atoms with van der Waals surface area (Å²) in [5.41, 5.74) is 0.978. The molecule has 1 heterocycles. The molecule has 0 bridgehead atoms. The van der Waals surface area contributed by atoms with Crippen LogP contribution in [0.25, 0.3) is 0 Å². The number of hydrogen-bond donors (Lipinski definition) is 2. The smallest absolute Gasteiger partial charge is 0.272 e. The Kier molecular flexibility index (Phi) is 5.89. The van der Waals surface area contributed by atoms with Crippen LogP contribution in [0.2, 0.25) is 0 Å². The second-order valence-electron chi connectivity index (χ2n) is 5.24. The third kappa shape index (κ3) is 4.55. The summed E-state index contributed by atoms with van der Waals surface area (Å²) in [6.45, 7) is 2.15. The lowest BCUT2D eigenvalue weighted by atomic mass is 10.0. The first kappa shape index (κ1) is 15.9. The maximum absolute atomic E-state index is 12.3. The van der Waals surface area contributed by atoms with E-state index >= 15 is 0 Å². The summed E-state index contributed by atoms with van der Waals surface area (Å²) in [4.78, 5) is 23.3. The summed E-state index contributed by atoms with van der Waals surface area (Å²) < 4.78 is 0. The highest BCUT2D eigenvalue weighted by molar-refractivity contribution is 5.92. The van der Waals surface area contributed by atoms with Crippen LogP contribution >= 0.6 is 0 Å². The van der Waals surface area contributed by atoms with Gasteiger partial charge < -0.3 is 5.32 Å². The Hall–Kier alpha value is -2.43. The number of amides is 1. The average Bonchev–Trinajstić information content (AvgIpc) is 2.55. The number of H-pyrrole nitrogens is 1. The number of hydrogen-bond acceptors (Lipinski definition) is 3. The van der Waals surface area contributed by atoms with E-state index in [0.717, 1.165) is 31.2 Å². The number of aromatic amines is 1. The number of rotatable bonds is 7. The summed E-state index contributed by atoms with van der Waals surface area (Å²) in [6.07, 6.45) is 4.20. The van der Waals surface area contributed by atoms with Gasteiger partial charge in [-0.05, 0) is 18.1 Å². The minimum absolute atomic E-state index is 0.0472. The SMILES string of the molecule is CCCCC[C@@H](NC(=O)c1ccc(=O)[nH]n1)c1ccccc1. The second-order valence-corrected chi connectivity index (χ2v) is 5.24. The lowest BCUT2D eigenvalue weighted by Gasteiger charge is -2.19. The zero-order chi connectivity index (χ0) is 15.8. The van der Waals surface area contributed by atoms with Crippen molar-refractivity contribution in [3.8, 4) is 0 Å². The quantitative estimate of drug-likeness (QED) is 0.772. The minimum atomic E-state index is -0.320. The number of nitrogens with zero attached hydrogens (tertiary/aromatic N) is 1. The summed E-state index contributed by atoms with van der Waals surface area (Å²) in [7, 11) is 0. The predicted octanol–water partition coefficient (Wildman–Crippen LogP) is 2.82. The molecule has 0 aliphatic heterocycles. The third-order valence-electron chi connectivity index (χ3n) is 3.52. The van der Waals surface area contributed by atoms with Crippen LogP contribution in [0.4, 0.5) is 0 Å². The van der Waals surface area contributed by atoms with E-state index < -0.39 is 0 Å². The Bertz CT molecular complexity index is 632. The van der Waals surface area contributed by atoms with Crippen LogP contribution in [0.5, 0.6) is 0 Å². The fraction of sp³-hybridized carbons (Fsp3) is 0.353. The Labute approximate surface area is 129 Å². The number of unbranched alkanes of at least 4 members (excludes halogenated alkanes) is 2. The number of benzene rings is 1. The molecule has 22 heavy (non-hydrogen) atoms. The van der Waals surface area contributed by atoms with Crippen LogP contribution in [0.15, 0.2) is 47.3 Å². The summed E-state index contributed by atoms with van der Waals surface area (Å²) >= 11 is 0. The van der Waals surface area contributed by atoms with E-state index in [1.807, 2.05) is 30.3 Å². The van der Waals surface area contributed by atoms with Gasteiger partial charge in [0.25, 0.3) is 11.5 Å². The molecule has 1 aromatic heterocycles. The number of carbonyl (C=O) groups excluding carboxylic acids is 1. The molecule has 5 heteroatoms. The molecule has 1 atom stereocenters. The first-order chi connectivity index (χ1) is 10.7. The molecule has 0 unspecified atom stereocenters. The van der Waals surface area contributed by atoms with Crippen molar-refractivity contribution >= 4 is 5.91 Å². The van der Waals surface area contributed by atoms with Gasteiger partial charge in [-0.3, -0.25) is 9.59 Å². The number of nitrogens with one attached hydrogen (secondary N) is 2. The van der Waals surface area contributed by atoms with Gasteiger partial charge in [0.15, 0.2) is 0 Å². The lowest BCUT2D eigenvalue weighted by molar-refractivity contribution is 0.0928. The van der Waals surface area contributed by atoms with Gasteiger partial charge in [-0.15, -0.1) is 0 Å². The van der Waals surface area contributed by atoms with Crippen LogP contribution in [0.1, 0.15) is 54.7 Å². The maximum atomic E-state index is 12.3. The van der Waals surface area contributed by atoms with E-state index in [4.69, 9.17) is 0 Å². The molecular weight excluding hydrogens is 278 g/mol.